The molecule has 6 aromatic rings. The first-order valence-electron chi connectivity index (χ1n) is 21.8. The Balaban J connectivity index is 0.858. The van der Waals surface area contributed by atoms with E-state index in [9.17, 15) is 0 Å². The van der Waals surface area contributed by atoms with Crippen molar-refractivity contribution in [3.8, 4) is 11.1 Å². The van der Waals surface area contributed by atoms with Crippen molar-refractivity contribution >= 4 is 52.2 Å². The van der Waals surface area contributed by atoms with Gasteiger partial charge in [0.05, 0.1) is 11.4 Å². The molecule has 0 fully saturated rings. The van der Waals surface area contributed by atoms with Crippen LogP contribution < -0.4 is 9.80 Å². The topological polar surface area (TPSA) is 6.48 Å². The van der Waals surface area contributed by atoms with Crippen molar-refractivity contribution < 1.29 is 0 Å². The van der Waals surface area contributed by atoms with E-state index in [0.717, 1.165) is 25.7 Å². The van der Waals surface area contributed by atoms with Crippen molar-refractivity contribution in [2.45, 2.75) is 64.7 Å². The maximum atomic E-state index is 2.50. The summed E-state index contributed by atoms with van der Waals surface area (Å²) in [4.78, 5) is 4.95. The molecule has 5 aliphatic rings. The first-order chi connectivity index (χ1) is 29.3. The average molecular weight is 775 g/mol. The van der Waals surface area contributed by atoms with Gasteiger partial charge >= 0.3 is 0 Å². The van der Waals surface area contributed by atoms with Gasteiger partial charge in [0.15, 0.2) is 0 Å². The van der Waals surface area contributed by atoms with Crippen LogP contribution in [0.15, 0.2) is 175 Å². The fourth-order valence-corrected chi connectivity index (χ4v) is 10.5. The molecule has 292 valence electrons. The molecule has 60 heavy (non-hydrogen) atoms. The highest BCUT2D eigenvalue weighted by atomic mass is 15.2. The van der Waals surface area contributed by atoms with Crippen LogP contribution in [0.2, 0.25) is 0 Å². The average Bonchev–Trinajstić information content (AvgIpc) is 3.39. The zero-order valence-electron chi connectivity index (χ0n) is 35.0. The molecule has 0 bridgehead atoms. The molecule has 2 heterocycles. The molecule has 1 unspecified atom stereocenters. The Morgan fingerprint density at radius 2 is 1.37 bits per heavy atom. The summed E-state index contributed by atoms with van der Waals surface area (Å²) in [6.45, 7) is 9.33. The third-order valence-electron chi connectivity index (χ3n) is 13.7. The molecule has 0 saturated carbocycles. The smallest absolute Gasteiger partial charge is 0.0534 e. The second-order valence-electron chi connectivity index (χ2n) is 17.7. The van der Waals surface area contributed by atoms with Crippen molar-refractivity contribution in [1.29, 1.82) is 0 Å². The maximum Gasteiger partial charge on any atom is 0.0534 e. The summed E-state index contributed by atoms with van der Waals surface area (Å²) in [5.74, 6) is 0.446. The minimum atomic E-state index is -0.138. The molecule has 6 aromatic carbocycles. The molecule has 0 spiro atoms. The van der Waals surface area contributed by atoms with Crippen molar-refractivity contribution in [1.82, 2.24) is 0 Å². The number of para-hydroxylation sites is 2. The molecule has 2 aliphatic heterocycles. The quantitative estimate of drug-likeness (QED) is 0.172. The molecule has 1 atom stereocenters. The number of benzene rings is 6. The molecule has 2 nitrogen and oxygen atoms in total. The fraction of sp³-hybridized carbons (Fsp3) is 0.172. The lowest BCUT2D eigenvalue weighted by Crippen LogP contribution is -2.26. The van der Waals surface area contributed by atoms with Gasteiger partial charge in [-0.3, -0.25) is 0 Å². The van der Waals surface area contributed by atoms with E-state index in [1.165, 1.54) is 101 Å². The monoisotopic (exact) mass is 774 g/mol. The number of aryl methyl sites for hydroxylation is 1. The molecule has 0 saturated heterocycles. The Bertz CT molecular complexity index is 2940. The van der Waals surface area contributed by atoms with Gasteiger partial charge in [0.25, 0.3) is 0 Å². The van der Waals surface area contributed by atoms with Crippen LogP contribution in [-0.4, -0.2) is 0 Å². The molecule has 3 aliphatic carbocycles. The zero-order chi connectivity index (χ0) is 40.5. The summed E-state index contributed by atoms with van der Waals surface area (Å²) < 4.78 is 0. The first-order valence-corrected chi connectivity index (χ1v) is 21.8. The SMILES string of the molecule is Cc1ccc2c(c1)C=Cc1ccccc1N2c1ccc2c(c1)C(C)(C)c1cc(/C=C/C3=CC=C(c4cccc(N5C6=C(CCC=C6)C(C)c6ccccc65)c4)CC3)ccc1-2. The summed E-state index contributed by atoms with van der Waals surface area (Å²) in [6, 6.07) is 47.9. The molecule has 11 rings (SSSR count). The third-order valence-corrected chi connectivity index (χ3v) is 13.7. The van der Waals surface area contributed by atoms with Crippen molar-refractivity contribution in [3.05, 3.63) is 219 Å². The maximum absolute atomic E-state index is 2.50. The molecule has 2 heteroatoms. The summed E-state index contributed by atoms with van der Waals surface area (Å²) in [5.41, 5.74) is 24.8. The van der Waals surface area contributed by atoms with Crippen molar-refractivity contribution in [2.75, 3.05) is 9.80 Å². The molecule has 0 radical (unpaired) electrons. The normalized spacial score (nSPS) is 18.2. The van der Waals surface area contributed by atoms with Gasteiger partial charge in [-0.05, 0) is 154 Å². The van der Waals surface area contributed by atoms with Crippen LogP contribution >= 0.6 is 0 Å². The third kappa shape index (κ3) is 6.00. The number of allylic oxidation sites excluding steroid dienone is 8. The summed E-state index contributed by atoms with van der Waals surface area (Å²) in [6.07, 6.45) is 22.8. The first kappa shape index (κ1) is 36.4. The van der Waals surface area contributed by atoms with Crippen molar-refractivity contribution in [3.63, 3.8) is 0 Å². The van der Waals surface area contributed by atoms with E-state index in [4.69, 9.17) is 0 Å². The highest BCUT2D eigenvalue weighted by molar-refractivity contribution is 5.95. The van der Waals surface area contributed by atoms with E-state index < -0.39 is 0 Å². The molecular weight excluding hydrogens is 725 g/mol. The van der Waals surface area contributed by atoms with E-state index in [2.05, 4.69) is 213 Å². The Labute approximate surface area is 355 Å². The van der Waals surface area contributed by atoms with E-state index in [0.29, 0.717) is 5.92 Å². The second kappa shape index (κ2) is 14.3. The fourth-order valence-electron chi connectivity index (χ4n) is 10.5. The zero-order valence-corrected chi connectivity index (χ0v) is 35.0. The number of hydrogen-bond acceptors (Lipinski definition) is 2. The Morgan fingerprint density at radius 1 is 0.600 bits per heavy atom. The Hall–Kier alpha value is -6.64. The lowest BCUT2D eigenvalue weighted by atomic mass is 9.81. The van der Waals surface area contributed by atoms with Gasteiger partial charge < -0.3 is 9.80 Å². The van der Waals surface area contributed by atoms with E-state index in [1.807, 2.05) is 0 Å². The Morgan fingerprint density at radius 3 is 2.23 bits per heavy atom. The molecule has 0 N–H and O–H groups in total. The standard InChI is InChI=1S/C58H50N2/c1-38-20-33-55-45(34-38)29-28-43-12-5-8-17-54(43)59(55)47-30-32-51-50-31-25-41(35-52(50)58(3,4)53(51)37-47)22-21-40-23-26-42(27-24-40)44-13-11-14-46(36-44)60-56-18-9-6-15-48(56)39(2)49-16-7-10-19-57(49)60/h5-6,8-15,17-23,25-26,28-37,39H,7,16,24,27H2,1-4H3/b22-21+. The van der Waals surface area contributed by atoms with Crippen LogP contribution in [0, 0.1) is 6.92 Å². The molecular formula is C58H50N2. The summed E-state index contributed by atoms with van der Waals surface area (Å²) in [5, 5.41) is 0. The predicted molar refractivity (Wildman–Crippen MR) is 256 cm³/mol. The Kier molecular flexibility index (Phi) is 8.67. The van der Waals surface area contributed by atoms with Gasteiger partial charge in [0.2, 0.25) is 0 Å². The van der Waals surface area contributed by atoms with Gasteiger partial charge in [-0.15, -0.1) is 0 Å². The molecule has 0 amide bonds. The van der Waals surface area contributed by atoms with Gasteiger partial charge in [0.1, 0.15) is 0 Å². The van der Waals surface area contributed by atoms with Crippen molar-refractivity contribution in [2.24, 2.45) is 0 Å². The van der Waals surface area contributed by atoms with Crippen LogP contribution in [0.5, 0.6) is 0 Å². The van der Waals surface area contributed by atoms with Crippen LogP contribution in [0.4, 0.5) is 28.4 Å². The minimum Gasteiger partial charge on any atom is -0.310 e. The number of rotatable bonds is 5. The lowest BCUT2D eigenvalue weighted by Gasteiger charge is -2.39. The van der Waals surface area contributed by atoms with Gasteiger partial charge in [-0.1, -0.05) is 148 Å². The number of nitrogens with zero attached hydrogens (tertiary/aromatic N) is 2. The highest BCUT2D eigenvalue weighted by Crippen LogP contribution is 2.52. The minimum absolute atomic E-state index is 0.138. The van der Waals surface area contributed by atoms with Crippen LogP contribution in [-0.2, 0) is 5.41 Å². The largest absolute Gasteiger partial charge is 0.310 e. The lowest BCUT2D eigenvalue weighted by molar-refractivity contribution is 0.660. The summed E-state index contributed by atoms with van der Waals surface area (Å²) >= 11 is 0. The van der Waals surface area contributed by atoms with E-state index in [-0.39, 0.29) is 5.41 Å². The van der Waals surface area contributed by atoms with E-state index >= 15 is 0 Å². The van der Waals surface area contributed by atoms with Gasteiger partial charge in [-0.2, -0.15) is 0 Å². The van der Waals surface area contributed by atoms with Crippen LogP contribution in [0.3, 0.4) is 0 Å². The second-order valence-corrected chi connectivity index (χ2v) is 17.7. The predicted octanol–water partition coefficient (Wildman–Crippen LogP) is 15.9. The van der Waals surface area contributed by atoms with E-state index in [1.54, 1.807) is 5.57 Å². The highest BCUT2D eigenvalue weighted by Gasteiger charge is 2.37. The van der Waals surface area contributed by atoms with Crippen LogP contribution in [0.25, 0.3) is 34.9 Å². The number of anilines is 5. The van der Waals surface area contributed by atoms with Crippen LogP contribution in [0.1, 0.15) is 96.9 Å². The number of fused-ring (bicyclic) bond motifs is 6. The van der Waals surface area contributed by atoms with Gasteiger partial charge in [0, 0.05) is 34.1 Å². The van der Waals surface area contributed by atoms with Gasteiger partial charge in [-0.25, -0.2) is 0 Å². The number of hydrogen-bond donors (Lipinski definition) is 0. The molecule has 0 aromatic heterocycles. The summed E-state index contributed by atoms with van der Waals surface area (Å²) in [7, 11) is 0.